The summed E-state index contributed by atoms with van der Waals surface area (Å²) in [4.78, 5) is 9.02. The minimum absolute atomic E-state index is 0.526. The predicted octanol–water partition coefficient (Wildman–Crippen LogP) is 3.37. The van der Waals surface area contributed by atoms with E-state index in [2.05, 4.69) is 15.3 Å². The topological polar surface area (TPSA) is 37.8 Å². The lowest BCUT2D eigenvalue weighted by Gasteiger charge is -2.21. The highest BCUT2D eigenvalue weighted by atomic mass is 35.5. The van der Waals surface area contributed by atoms with E-state index in [0.29, 0.717) is 5.15 Å². The van der Waals surface area contributed by atoms with Gasteiger partial charge in [-0.05, 0) is 44.0 Å². The van der Waals surface area contributed by atoms with Crippen LogP contribution in [-0.2, 0) is 0 Å². The van der Waals surface area contributed by atoms with Crippen molar-refractivity contribution in [2.45, 2.75) is 17.9 Å². The Hall–Kier alpha value is -0.840. The maximum Gasteiger partial charge on any atom is 0.161 e. The van der Waals surface area contributed by atoms with Crippen molar-refractivity contribution in [2.75, 3.05) is 18.8 Å². The van der Waals surface area contributed by atoms with Crippen LogP contribution in [0.1, 0.15) is 12.8 Å². The van der Waals surface area contributed by atoms with E-state index in [1.807, 2.05) is 24.3 Å². The second-order valence-electron chi connectivity index (χ2n) is 4.81. The zero-order valence-corrected chi connectivity index (χ0v) is 12.2. The van der Waals surface area contributed by atoms with Crippen LogP contribution in [0.2, 0.25) is 5.15 Å². The van der Waals surface area contributed by atoms with Gasteiger partial charge in [0.25, 0.3) is 0 Å². The fraction of sp³-hybridized carbons (Fsp3) is 0.429. The van der Waals surface area contributed by atoms with Gasteiger partial charge >= 0.3 is 0 Å². The molecular weight excluding hydrogens is 278 g/mol. The molecule has 19 heavy (non-hydrogen) atoms. The minimum Gasteiger partial charge on any atom is -0.317 e. The highest BCUT2D eigenvalue weighted by Crippen LogP contribution is 2.29. The highest BCUT2D eigenvalue weighted by molar-refractivity contribution is 7.99. The van der Waals surface area contributed by atoms with E-state index in [1.165, 1.54) is 12.8 Å². The summed E-state index contributed by atoms with van der Waals surface area (Å²) in [6.07, 6.45) is 2.48. The normalized spacial score (nSPS) is 16.9. The van der Waals surface area contributed by atoms with Crippen molar-refractivity contribution in [1.82, 2.24) is 15.3 Å². The van der Waals surface area contributed by atoms with Crippen LogP contribution in [0.25, 0.3) is 11.0 Å². The van der Waals surface area contributed by atoms with Crippen LogP contribution in [0.5, 0.6) is 0 Å². The molecule has 0 unspecified atom stereocenters. The first kappa shape index (κ1) is 13.2. The van der Waals surface area contributed by atoms with Crippen molar-refractivity contribution in [3.05, 3.63) is 29.4 Å². The summed E-state index contributed by atoms with van der Waals surface area (Å²) >= 11 is 7.95. The van der Waals surface area contributed by atoms with Gasteiger partial charge in [-0.2, -0.15) is 0 Å². The van der Waals surface area contributed by atoms with Gasteiger partial charge in [0.05, 0.1) is 11.0 Å². The number of hydrogen-bond donors (Lipinski definition) is 1. The van der Waals surface area contributed by atoms with Crippen LogP contribution in [0.3, 0.4) is 0 Å². The van der Waals surface area contributed by atoms with Crippen molar-refractivity contribution in [1.29, 1.82) is 0 Å². The first-order valence-electron chi connectivity index (χ1n) is 6.59. The number of para-hydroxylation sites is 2. The highest BCUT2D eigenvalue weighted by Gasteiger charge is 2.15. The molecule has 2 heterocycles. The summed E-state index contributed by atoms with van der Waals surface area (Å²) in [7, 11) is 0. The third-order valence-corrected chi connectivity index (χ3v) is 4.99. The number of aromatic nitrogens is 2. The second-order valence-corrected chi connectivity index (χ2v) is 6.18. The molecule has 0 aliphatic carbocycles. The zero-order chi connectivity index (χ0) is 13.1. The van der Waals surface area contributed by atoms with E-state index < -0.39 is 0 Å². The molecule has 0 amide bonds. The van der Waals surface area contributed by atoms with Gasteiger partial charge in [-0.3, -0.25) is 0 Å². The number of hydrogen-bond acceptors (Lipinski definition) is 4. The van der Waals surface area contributed by atoms with Crippen LogP contribution in [0.15, 0.2) is 29.3 Å². The molecule has 1 aliphatic rings. The average Bonchev–Trinajstić information content (AvgIpc) is 2.46. The van der Waals surface area contributed by atoms with Crippen molar-refractivity contribution < 1.29 is 0 Å². The zero-order valence-electron chi connectivity index (χ0n) is 10.6. The van der Waals surface area contributed by atoms with Gasteiger partial charge in [-0.1, -0.05) is 23.7 Å². The molecule has 1 saturated heterocycles. The molecular formula is C14H16ClN3S. The van der Waals surface area contributed by atoms with E-state index in [-0.39, 0.29) is 0 Å². The number of rotatable bonds is 3. The summed E-state index contributed by atoms with van der Waals surface area (Å²) in [5.41, 5.74) is 1.78. The van der Waals surface area contributed by atoms with Gasteiger partial charge in [0.1, 0.15) is 5.03 Å². The SMILES string of the molecule is Clc1nc2ccccc2nc1SCC1CCNCC1. The number of thioether (sulfide) groups is 1. The fourth-order valence-corrected chi connectivity index (χ4v) is 3.65. The number of nitrogens with zero attached hydrogens (tertiary/aromatic N) is 2. The number of halogens is 1. The van der Waals surface area contributed by atoms with Crippen molar-refractivity contribution in [3.8, 4) is 0 Å². The van der Waals surface area contributed by atoms with Crippen molar-refractivity contribution in [3.63, 3.8) is 0 Å². The maximum atomic E-state index is 6.21. The van der Waals surface area contributed by atoms with E-state index in [0.717, 1.165) is 40.8 Å². The molecule has 0 atom stereocenters. The van der Waals surface area contributed by atoms with Gasteiger partial charge in [-0.25, -0.2) is 9.97 Å². The first-order valence-corrected chi connectivity index (χ1v) is 7.95. The summed E-state index contributed by atoms with van der Waals surface area (Å²) < 4.78 is 0. The summed E-state index contributed by atoms with van der Waals surface area (Å²) in [5.74, 6) is 1.84. The Morgan fingerprint density at radius 2 is 1.84 bits per heavy atom. The molecule has 5 heteroatoms. The van der Waals surface area contributed by atoms with Gasteiger partial charge in [0.15, 0.2) is 5.15 Å². The molecule has 1 aromatic carbocycles. The van der Waals surface area contributed by atoms with E-state index >= 15 is 0 Å². The van der Waals surface area contributed by atoms with E-state index in [4.69, 9.17) is 11.6 Å². The lowest BCUT2D eigenvalue weighted by molar-refractivity contribution is 0.408. The molecule has 0 saturated carbocycles. The smallest absolute Gasteiger partial charge is 0.161 e. The molecule has 0 bridgehead atoms. The predicted molar refractivity (Wildman–Crippen MR) is 80.9 cm³/mol. The largest absolute Gasteiger partial charge is 0.317 e. The standard InChI is InChI=1S/C14H16ClN3S/c15-13-14(19-9-10-5-7-16-8-6-10)18-12-4-2-1-3-11(12)17-13/h1-4,10,16H,5-9H2. The number of nitrogens with one attached hydrogen (secondary N) is 1. The Kier molecular flexibility index (Phi) is 4.21. The lowest BCUT2D eigenvalue weighted by atomic mass is 10.0. The Labute approximate surface area is 122 Å². The fourth-order valence-electron chi connectivity index (χ4n) is 2.30. The second kappa shape index (κ2) is 6.07. The molecule has 1 aliphatic heterocycles. The van der Waals surface area contributed by atoms with Gasteiger partial charge in [0, 0.05) is 5.75 Å². The monoisotopic (exact) mass is 293 g/mol. The summed E-state index contributed by atoms with van der Waals surface area (Å²) in [6, 6.07) is 7.85. The molecule has 100 valence electrons. The summed E-state index contributed by atoms with van der Waals surface area (Å²) in [6.45, 7) is 2.25. The third kappa shape index (κ3) is 3.19. The number of benzene rings is 1. The molecule has 0 radical (unpaired) electrons. The van der Waals surface area contributed by atoms with E-state index in [9.17, 15) is 0 Å². The maximum absolute atomic E-state index is 6.21. The van der Waals surface area contributed by atoms with Gasteiger partial charge in [-0.15, -0.1) is 11.8 Å². The van der Waals surface area contributed by atoms with Crippen LogP contribution in [-0.4, -0.2) is 28.8 Å². The molecule has 1 fully saturated rings. The first-order chi connectivity index (χ1) is 9.33. The van der Waals surface area contributed by atoms with Gasteiger partial charge < -0.3 is 5.32 Å². The lowest BCUT2D eigenvalue weighted by Crippen LogP contribution is -2.28. The Morgan fingerprint density at radius 1 is 1.16 bits per heavy atom. The Balaban J connectivity index is 1.74. The number of piperidine rings is 1. The summed E-state index contributed by atoms with van der Waals surface area (Å²) in [5, 5.41) is 4.77. The third-order valence-electron chi connectivity index (χ3n) is 3.41. The molecule has 0 spiro atoms. The average molecular weight is 294 g/mol. The Morgan fingerprint density at radius 3 is 2.58 bits per heavy atom. The molecule has 3 nitrogen and oxygen atoms in total. The Bertz CT molecular complexity index is 570. The molecule has 3 rings (SSSR count). The quantitative estimate of drug-likeness (QED) is 0.881. The van der Waals surface area contributed by atoms with Crippen LogP contribution < -0.4 is 5.32 Å². The van der Waals surface area contributed by atoms with Crippen molar-refractivity contribution >= 4 is 34.4 Å². The van der Waals surface area contributed by atoms with Crippen LogP contribution >= 0.6 is 23.4 Å². The number of fused-ring (bicyclic) bond motifs is 1. The molecule has 1 N–H and O–H groups in total. The molecule has 1 aromatic heterocycles. The van der Waals surface area contributed by atoms with E-state index in [1.54, 1.807) is 11.8 Å². The minimum atomic E-state index is 0.526. The van der Waals surface area contributed by atoms with Crippen LogP contribution in [0.4, 0.5) is 0 Å². The van der Waals surface area contributed by atoms with Gasteiger partial charge in [0.2, 0.25) is 0 Å². The molecule has 2 aromatic rings. The van der Waals surface area contributed by atoms with Crippen molar-refractivity contribution in [2.24, 2.45) is 5.92 Å². The van der Waals surface area contributed by atoms with Crippen LogP contribution in [0, 0.1) is 5.92 Å².